The molecule has 2 unspecified atom stereocenters. The van der Waals surface area contributed by atoms with Crippen molar-refractivity contribution in [1.29, 1.82) is 0 Å². The highest BCUT2D eigenvalue weighted by Crippen LogP contribution is 2.32. The maximum Gasteiger partial charge on any atom is 0.117 e. The zero-order chi connectivity index (χ0) is 13.0. The molecule has 0 aromatic heterocycles. The summed E-state index contributed by atoms with van der Waals surface area (Å²) in [5, 5.41) is 9.78. The molecule has 0 saturated carbocycles. The molecule has 1 aliphatic heterocycles. The van der Waals surface area contributed by atoms with Crippen molar-refractivity contribution in [1.82, 2.24) is 0 Å². The van der Waals surface area contributed by atoms with E-state index in [1.54, 1.807) is 21.6 Å². The summed E-state index contributed by atoms with van der Waals surface area (Å²) in [6.07, 6.45) is 5.59. The van der Waals surface area contributed by atoms with E-state index in [4.69, 9.17) is 0 Å². The summed E-state index contributed by atoms with van der Waals surface area (Å²) in [4.78, 5) is 4.27. The minimum atomic E-state index is -0.202. The van der Waals surface area contributed by atoms with Gasteiger partial charge in [-0.3, -0.25) is 4.99 Å². The zero-order valence-electron chi connectivity index (χ0n) is 10.8. The first-order valence-corrected chi connectivity index (χ1v) is 8.86. The molecule has 1 aliphatic rings. The van der Waals surface area contributed by atoms with E-state index in [0.717, 1.165) is 18.6 Å². The molecule has 0 saturated heterocycles. The molecule has 1 aromatic rings. The quantitative estimate of drug-likeness (QED) is 0.778. The van der Waals surface area contributed by atoms with E-state index in [1.807, 2.05) is 12.5 Å². The summed E-state index contributed by atoms with van der Waals surface area (Å²) in [5.41, 5.74) is 2.51. The van der Waals surface area contributed by atoms with Gasteiger partial charge in [-0.15, -0.1) is 0 Å². The highest BCUT2D eigenvalue weighted by molar-refractivity contribution is 8.76. The number of hydrogen-bond donors (Lipinski definition) is 1. The molecule has 2 atom stereocenters. The van der Waals surface area contributed by atoms with E-state index in [0.29, 0.717) is 0 Å². The molecule has 1 aromatic carbocycles. The van der Waals surface area contributed by atoms with Crippen LogP contribution in [0, 0.1) is 0 Å². The Labute approximate surface area is 117 Å². The van der Waals surface area contributed by atoms with Gasteiger partial charge < -0.3 is 5.11 Å². The number of aryl methyl sites for hydroxylation is 1. The Kier molecular flexibility index (Phi) is 4.76. The molecule has 0 aliphatic carbocycles. The van der Waals surface area contributed by atoms with Gasteiger partial charge in [0.1, 0.15) is 5.54 Å². The zero-order valence-corrected chi connectivity index (χ0v) is 12.4. The average Bonchev–Trinajstić information content (AvgIpc) is 3.14. The number of aliphatic imine (C=N–C) groups is 1. The Balaban J connectivity index is 1.79. The highest BCUT2D eigenvalue weighted by Gasteiger charge is 2.32. The number of aliphatic hydroxyl groups excluding tert-OH is 1. The standard InChI is InChI=1S/C14H19NOS2/c1-14(10-15-14)12-6-3-11(4-7-12)5-8-13(16)9-18-17-2/h3-4,6-7,10,13,16H,5,8-9H2,1-2H3. The monoisotopic (exact) mass is 281 g/mol. The molecule has 0 radical (unpaired) electrons. The van der Waals surface area contributed by atoms with Crippen molar-refractivity contribution in [3.8, 4) is 0 Å². The van der Waals surface area contributed by atoms with Crippen LogP contribution in [0.1, 0.15) is 24.5 Å². The summed E-state index contributed by atoms with van der Waals surface area (Å²) in [5.74, 6) is 0.811. The number of nitrogens with zero attached hydrogens (tertiary/aromatic N) is 1. The summed E-state index contributed by atoms with van der Waals surface area (Å²) in [6, 6.07) is 8.59. The predicted molar refractivity (Wildman–Crippen MR) is 82.6 cm³/mol. The molecule has 2 nitrogen and oxygen atoms in total. The Morgan fingerprint density at radius 2 is 2.00 bits per heavy atom. The maximum absolute atomic E-state index is 9.78. The number of benzene rings is 1. The predicted octanol–water partition coefficient (Wildman–Crippen LogP) is 3.29. The Hall–Kier alpha value is -0.450. The van der Waals surface area contributed by atoms with Crippen molar-refractivity contribution < 1.29 is 5.11 Å². The summed E-state index contributed by atoms with van der Waals surface area (Å²) in [7, 11) is 3.42. The molecule has 2 rings (SSSR count). The minimum absolute atomic E-state index is 0.0347. The van der Waals surface area contributed by atoms with Crippen LogP contribution in [-0.4, -0.2) is 29.4 Å². The first-order valence-electron chi connectivity index (χ1n) is 6.13. The SMILES string of the molecule is CSSCC(O)CCc1ccc(C2(C)C=N2)cc1. The molecule has 0 spiro atoms. The normalized spacial score (nSPS) is 23.1. The van der Waals surface area contributed by atoms with Crippen LogP contribution in [0.25, 0.3) is 0 Å². The van der Waals surface area contributed by atoms with E-state index in [-0.39, 0.29) is 11.6 Å². The molecule has 4 heteroatoms. The van der Waals surface area contributed by atoms with E-state index in [2.05, 4.69) is 36.2 Å². The first-order chi connectivity index (χ1) is 8.64. The van der Waals surface area contributed by atoms with Gasteiger partial charge in [0.2, 0.25) is 0 Å². The summed E-state index contributed by atoms with van der Waals surface area (Å²) >= 11 is 0. The molecule has 0 bridgehead atoms. The van der Waals surface area contributed by atoms with Crippen LogP contribution < -0.4 is 0 Å². The number of hydrogen-bond acceptors (Lipinski definition) is 4. The van der Waals surface area contributed by atoms with Crippen LogP contribution in [0.3, 0.4) is 0 Å². The first kappa shape index (κ1) is 14.0. The van der Waals surface area contributed by atoms with E-state index in [1.165, 1.54) is 11.1 Å². The highest BCUT2D eigenvalue weighted by atomic mass is 33.1. The third-order valence-corrected chi connectivity index (χ3v) is 5.07. The third kappa shape index (κ3) is 3.77. The van der Waals surface area contributed by atoms with Crippen LogP contribution in [0.15, 0.2) is 29.3 Å². The Morgan fingerprint density at radius 1 is 1.33 bits per heavy atom. The van der Waals surface area contributed by atoms with Crippen molar-refractivity contribution in [2.45, 2.75) is 31.4 Å². The van der Waals surface area contributed by atoms with Crippen LogP contribution >= 0.6 is 21.6 Å². The smallest absolute Gasteiger partial charge is 0.117 e. The van der Waals surface area contributed by atoms with Gasteiger partial charge in [-0.25, -0.2) is 0 Å². The van der Waals surface area contributed by atoms with Gasteiger partial charge >= 0.3 is 0 Å². The maximum atomic E-state index is 9.78. The van der Waals surface area contributed by atoms with E-state index in [9.17, 15) is 5.11 Å². The van der Waals surface area contributed by atoms with Crippen LogP contribution in [-0.2, 0) is 12.0 Å². The molecular formula is C14H19NOS2. The van der Waals surface area contributed by atoms with Gasteiger partial charge in [0, 0.05) is 12.0 Å². The second-order valence-corrected chi connectivity index (χ2v) is 7.36. The largest absolute Gasteiger partial charge is 0.392 e. The van der Waals surface area contributed by atoms with Crippen molar-refractivity contribution in [2.24, 2.45) is 4.99 Å². The van der Waals surface area contributed by atoms with Crippen LogP contribution in [0.4, 0.5) is 0 Å². The lowest BCUT2D eigenvalue weighted by atomic mass is 9.97. The second kappa shape index (κ2) is 6.13. The van der Waals surface area contributed by atoms with Crippen molar-refractivity contribution in [2.75, 3.05) is 12.0 Å². The van der Waals surface area contributed by atoms with Gasteiger partial charge in [0.05, 0.1) is 6.10 Å². The summed E-state index contributed by atoms with van der Waals surface area (Å²) in [6.45, 7) is 2.12. The van der Waals surface area contributed by atoms with Crippen molar-refractivity contribution in [3.05, 3.63) is 35.4 Å². The Bertz CT molecular complexity index is 410. The molecule has 1 heterocycles. The number of rotatable bonds is 7. The molecule has 0 amide bonds. The van der Waals surface area contributed by atoms with Gasteiger partial charge in [0.25, 0.3) is 0 Å². The lowest BCUT2D eigenvalue weighted by Gasteiger charge is -2.11. The molecule has 1 N–H and O–H groups in total. The lowest BCUT2D eigenvalue weighted by Crippen LogP contribution is -2.10. The van der Waals surface area contributed by atoms with Gasteiger partial charge in [0.15, 0.2) is 0 Å². The molecule has 0 fully saturated rings. The van der Waals surface area contributed by atoms with E-state index >= 15 is 0 Å². The fraction of sp³-hybridized carbons (Fsp3) is 0.500. The molecule has 98 valence electrons. The fourth-order valence-corrected chi connectivity index (χ4v) is 3.16. The van der Waals surface area contributed by atoms with Crippen molar-refractivity contribution >= 4 is 27.8 Å². The summed E-state index contributed by atoms with van der Waals surface area (Å²) < 4.78 is 0. The van der Waals surface area contributed by atoms with Crippen molar-refractivity contribution in [3.63, 3.8) is 0 Å². The van der Waals surface area contributed by atoms with Crippen LogP contribution in [0.5, 0.6) is 0 Å². The Morgan fingerprint density at radius 3 is 2.56 bits per heavy atom. The second-order valence-electron chi connectivity index (χ2n) is 4.75. The average molecular weight is 281 g/mol. The lowest BCUT2D eigenvalue weighted by molar-refractivity contribution is 0.190. The molecular weight excluding hydrogens is 262 g/mol. The molecule has 18 heavy (non-hydrogen) atoms. The van der Waals surface area contributed by atoms with Gasteiger partial charge in [-0.2, -0.15) is 0 Å². The van der Waals surface area contributed by atoms with Gasteiger partial charge in [-0.1, -0.05) is 45.9 Å². The van der Waals surface area contributed by atoms with Gasteiger partial charge in [-0.05, 0) is 37.1 Å². The third-order valence-electron chi connectivity index (χ3n) is 3.20. The number of aliphatic hydroxyl groups is 1. The topological polar surface area (TPSA) is 32.6 Å². The van der Waals surface area contributed by atoms with Crippen LogP contribution in [0.2, 0.25) is 0 Å². The fourth-order valence-electron chi connectivity index (χ4n) is 1.82. The minimum Gasteiger partial charge on any atom is -0.392 e. The van der Waals surface area contributed by atoms with E-state index < -0.39 is 0 Å².